The van der Waals surface area contributed by atoms with Crippen LogP contribution in [0.2, 0.25) is 0 Å². The highest BCUT2D eigenvalue weighted by molar-refractivity contribution is 6.05. The monoisotopic (exact) mass is 384 g/mol. The number of carboxylic acid groups (broad SMARTS) is 1. The molecule has 0 bridgehead atoms. The van der Waals surface area contributed by atoms with Crippen molar-refractivity contribution in [3.8, 4) is 0 Å². The van der Waals surface area contributed by atoms with Gasteiger partial charge in [-0.3, -0.25) is 14.4 Å². The molecular weight excluding hydrogens is 363 g/mol. The number of likely N-dealkylation sites (tertiary alicyclic amines) is 1. The van der Waals surface area contributed by atoms with Crippen molar-refractivity contribution in [1.29, 1.82) is 0 Å². The van der Waals surface area contributed by atoms with Crippen molar-refractivity contribution in [2.75, 3.05) is 18.4 Å². The van der Waals surface area contributed by atoms with E-state index < -0.39 is 23.6 Å². The number of amides is 2. The summed E-state index contributed by atoms with van der Waals surface area (Å²) in [6, 6.07) is 11.7. The van der Waals surface area contributed by atoms with E-state index in [2.05, 4.69) is 5.32 Å². The van der Waals surface area contributed by atoms with Crippen LogP contribution in [0.3, 0.4) is 0 Å². The van der Waals surface area contributed by atoms with Crippen LogP contribution in [-0.4, -0.2) is 40.9 Å². The molecule has 2 aromatic carbocycles. The summed E-state index contributed by atoms with van der Waals surface area (Å²) in [6.45, 7) is 2.59. The van der Waals surface area contributed by atoms with Crippen molar-refractivity contribution in [2.24, 2.45) is 11.8 Å². The first-order valence-corrected chi connectivity index (χ1v) is 9.04. The molecule has 1 aliphatic heterocycles. The van der Waals surface area contributed by atoms with Crippen molar-refractivity contribution < 1.29 is 23.9 Å². The molecule has 28 heavy (non-hydrogen) atoms. The molecule has 6 nitrogen and oxygen atoms in total. The highest BCUT2D eigenvalue weighted by Gasteiger charge is 2.33. The van der Waals surface area contributed by atoms with Crippen LogP contribution >= 0.6 is 0 Å². The van der Waals surface area contributed by atoms with Crippen LogP contribution in [0.15, 0.2) is 48.5 Å². The van der Waals surface area contributed by atoms with Gasteiger partial charge in [-0.1, -0.05) is 13.0 Å². The third-order valence-electron chi connectivity index (χ3n) is 4.98. The number of carbonyl (C=O) groups excluding carboxylic acids is 2. The Hall–Kier alpha value is -3.22. The van der Waals surface area contributed by atoms with Crippen molar-refractivity contribution in [1.82, 2.24) is 4.90 Å². The number of benzene rings is 2. The number of hydrogen-bond donors (Lipinski definition) is 2. The Morgan fingerprint density at radius 1 is 1.11 bits per heavy atom. The molecule has 7 heteroatoms. The Morgan fingerprint density at radius 3 is 2.46 bits per heavy atom. The Balaban J connectivity index is 1.69. The lowest BCUT2D eigenvalue weighted by molar-refractivity contribution is -0.145. The molecule has 1 heterocycles. The van der Waals surface area contributed by atoms with Crippen LogP contribution < -0.4 is 5.32 Å². The highest BCUT2D eigenvalue weighted by Crippen LogP contribution is 2.25. The summed E-state index contributed by atoms with van der Waals surface area (Å²) >= 11 is 0. The maximum Gasteiger partial charge on any atom is 0.306 e. The predicted molar refractivity (Wildman–Crippen MR) is 102 cm³/mol. The van der Waals surface area contributed by atoms with Crippen LogP contribution in [-0.2, 0) is 4.79 Å². The minimum absolute atomic E-state index is 0.128. The maximum absolute atomic E-state index is 13.0. The fourth-order valence-corrected chi connectivity index (χ4v) is 3.41. The van der Waals surface area contributed by atoms with Gasteiger partial charge in [0.15, 0.2) is 0 Å². The summed E-state index contributed by atoms with van der Waals surface area (Å²) in [5, 5.41) is 11.9. The largest absolute Gasteiger partial charge is 0.481 e. The molecule has 0 spiro atoms. The van der Waals surface area contributed by atoms with Crippen molar-refractivity contribution in [3.05, 3.63) is 65.5 Å². The van der Waals surface area contributed by atoms with Crippen LogP contribution in [0.25, 0.3) is 0 Å². The minimum Gasteiger partial charge on any atom is -0.481 e. The average molecular weight is 384 g/mol. The zero-order valence-electron chi connectivity index (χ0n) is 15.4. The number of anilines is 1. The van der Waals surface area contributed by atoms with Crippen LogP contribution in [0.5, 0.6) is 0 Å². The van der Waals surface area contributed by atoms with E-state index >= 15 is 0 Å². The second kappa shape index (κ2) is 8.21. The standard InChI is InChI=1S/C21H21FN2O4/c1-13-12-24(10-9-18(13)21(27)28)20(26)15-3-2-4-17(11-15)23-19(25)14-5-7-16(22)8-6-14/h2-8,11,13,18H,9-10,12H2,1H3,(H,23,25)(H,27,28). The zero-order valence-corrected chi connectivity index (χ0v) is 15.4. The lowest BCUT2D eigenvalue weighted by Gasteiger charge is -2.35. The predicted octanol–water partition coefficient (Wildman–Crippen LogP) is 3.26. The van der Waals surface area contributed by atoms with Gasteiger partial charge in [-0.15, -0.1) is 0 Å². The number of rotatable bonds is 4. The lowest BCUT2D eigenvalue weighted by atomic mass is 9.87. The molecule has 0 saturated carbocycles. The Labute approximate surface area is 162 Å². The van der Waals surface area contributed by atoms with E-state index in [4.69, 9.17) is 0 Å². The molecule has 2 aromatic rings. The van der Waals surface area contributed by atoms with Gasteiger partial charge < -0.3 is 15.3 Å². The van der Waals surface area contributed by atoms with Gasteiger partial charge in [-0.25, -0.2) is 4.39 Å². The second-order valence-electron chi connectivity index (χ2n) is 7.00. The summed E-state index contributed by atoms with van der Waals surface area (Å²) in [5.74, 6) is -2.42. The number of piperidine rings is 1. The maximum atomic E-state index is 13.0. The summed E-state index contributed by atoms with van der Waals surface area (Å²) in [5.41, 5.74) is 1.18. The van der Waals surface area contributed by atoms with E-state index in [0.29, 0.717) is 36.3 Å². The van der Waals surface area contributed by atoms with E-state index in [9.17, 15) is 23.9 Å². The topological polar surface area (TPSA) is 86.7 Å². The van der Waals surface area contributed by atoms with Gasteiger partial charge in [0.25, 0.3) is 11.8 Å². The molecule has 0 aliphatic carbocycles. The van der Waals surface area contributed by atoms with Gasteiger partial charge in [-0.2, -0.15) is 0 Å². The number of carboxylic acids is 1. The van der Waals surface area contributed by atoms with Crippen molar-refractivity contribution in [2.45, 2.75) is 13.3 Å². The third kappa shape index (κ3) is 4.36. The third-order valence-corrected chi connectivity index (χ3v) is 4.98. The van der Waals surface area contributed by atoms with Crippen LogP contribution in [0, 0.1) is 17.7 Å². The number of nitrogens with one attached hydrogen (secondary N) is 1. The summed E-state index contributed by atoms with van der Waals surface area (Å²) in [6.07, 6.45) is 0.420. The van der Waals surface area contributed by atoms with Crippen LogP contribution in [0.4, 0.5) is 10.1 Å². The zero-order chi connectivity index (χ0) is 20.3. The SMILES string of the molecule is CC1CN(C(=O)c2cccc(NC(=O)c3ccc(F)cc3)c2)CCC1C(=O)O. The van der Waals surface area contributed by atoms with E-state index in [1.807, 2.05) is 6.92 Å². The van der Waals surface area contributed by atoms with Gasteiger partial charge in [0.2, 0.25) is 0 Å². The first-order chi connectivity index (χ1) is 13.3. The minimum atomic E-state index is -0.829. The molecule has 2 amide bonds. The average Bonchev–Trinajstić information content (AvgIpc) is 2.67. The molecule has 0 radical (unpaired) electrons. The van der Waals surface area contributed by atoms with Gasteiger partial charge in [0, 0.05) is 29.9 Å². The molecule has 2 unspecified atom stereocenters. The molecule has 2 atom stereocenters. The Kier molecular flexibility index (Phi) is 5.73. The number of halogens is 1. The molecule has 3 rings (SSSR count). The van der Waals surface area contributed by atoms with E-state index in [1.165, 1.54) is 24.3 Å². The molecule has 146 valence electrons. The van der Waals surface area contributed by atoms with Gasteiger partial charge in [-0.05, 0) is 54.8 Å². The molecule has 2 N–H and O–H groups in total. The number of carbonyl (C=O) groups is 3. The van der Waals surface area contributed by atoms with Crippen molar-refractivity contribution >= 4 is 23.5 Å². The fraction of sp³-hybridized carbons (Fsp3) is 0.286. The molecular formula is C21H21FN2O4. The number of nitrogens with zero attached hydrogens (tertiary/aromatic N) is 1. The molecule has 1 fully saturated rings. The van der Waals surface area contributed by atoms with Gasteiger partial charge in [0.05, 0.1) is 5.92 Å². The summed E-state index contributed by atoms with van der Waals surface area (Å²) in [4.78, 5) is 37.9. The van der Waals surface area contributed by atoms with E-state index in [1.54, 1.807) is 29.2 Å². The van der Waals surface area contributed by atoms with E-state index in [0.717, 1.165) is 0 Å². The van der Waals surface area contributed by atoms with E-state index in [-0.39, 0.29) is 11.8 Å². The fourth-order valence-electron chi connectivity index (χ4n) is 3.41. The Bertz CT molecular complexity index is 898. The molecule has 1 saturated heterocycles. The molecule has 1 aliphatic rings. The van der Waals surface area contributed by atoms with Crippen molar-refractivity contribution in [3.63, 3.8) is 0 Å². The lowest BCUT2D eigenvalue weighted by Crippen LogP contribution is -2.45. The Morgan fingerprint density at radius 2 is 1.82 bits per heavy atom. The first kappa shape index (κ1) is 19.5. The number of aliphatic carboxylic acids is 1. The normalized spacial score (nSPS) is 19.1. The van der Waals surface area contributed by atoms with Gasteiger partial charge >= 0.3 is 5.97 Å². The quantitative estimate of drug-likeness (QED) is 0.847. The smallest absolute Gasteiger partial charge is 0.306 e. The highest BCUT2D eigenvalue weighted by atomic mass is 19.1. The summed E-state index contributed by atoms with van der Waals surface area (Å²) in [7, 11) is 0. The van der Waals surface area contributed by atoms with Gasteiger partial charge in [0.1, 0.15) is 5.82 Å². The number of hydrogen-bond acceptors (Lipinski definition) is 3. The van der Waals surface area contributed by atoms with Crippen LogP contribution in [0.1, 0.15) is 34.1 Å². The molecule has 0 aromatic heterocycles. The second-order valence-corrected chi connectivity index (χ2v) is 7.00. The summed E-state index contributed by atoms with van der Waals surface area (Å²) < 4.78 is 13.0. The first-order valence-electron chi connectivity index (χ1n) is 9.04.